The van der Waals surface area contributed by atoms with Gasteiger partial charge in [-0.05, 0) is 43.5 Å². The smallest absolute Gasteiger partial charge is 0.269 e. The van der Waals surface area contributed by atoms with Crippen molar-refractivity contribution >= 4 is 5.91 Å². The van der Waals surface area contributed by atoms with Gasteiger partial charge in [-0.2, -0.15) is 5.10 Å². The van der Waals surface area contributed by atoms with Gasteiger partial charge in [-0.1, -0.05) is 6.07 Å². The summed E-state index contributed by atoms with van der Waals surface area (Å²) in [6, 6.07) is 4.90. The molecular weight excluding hydrogens is 369 g/mol. The number of halogens is 3. The average Bonchev–Trinajstić information content (AvgIpc) is 3.40. The predicted octanol–water partition coefficient (Wildman–Crippen LogP) is 3.70. The SMILES string of the molecule is Cc1c(-c2cc(C(N)=O)nn2Cc2c(F)cccc2F)cnc(C2CC2)c1F. The largest absolute Gasteiger partial charge is 0.364 e. The minimum Gasteiger partial charge on any atom is -0.364 e. The highest BCUT2D eigenvalue weighted by atomic mass is 19.1. The molecule has 0 aliphatic heterocycles. The third kappa shape index (κ3) is 3.15. The third-order valence-corrected chi connectivity index (χ3v) is 4.93. The molecular formula is C20H17F3N4O. The van der Waals surface area contributed by atoms with Crippen LogP contribution >= 0.6 is 0 Å². The molecule has 28 heavy (non-hydrogen) atoms. The van der Waals surface area contributed by atoms with E-state index in [-0.39, 0.29) is 23.7 Å². The quantitative estimate of drug-likeness (QED) is 0.727. The van der Waals surface area contributed by atoms with Crippen molar-refractivity contribution in [3.8, 4) is 11.3 Å². The summed E-state index contributed by atoms with van der Waals surface area (Å²) in [5.41, 5.74) is 6.46. The number of nitrogens with zero attached hydrogens (tertiary/aromatic N) is 3. The van der Waals surface area contributed by atoms with Crippen LogP contribution in [0.2, 0.25) is 0 Å². The van der Waals surface area contributed by atoms with E-state index in [1.807, 2.05) is 0 Å². The zero-order valence-corrected chi connectivity index (χ0v) is 15.0. The fraction of sp³-hybridized carbons (Fsp3) is 0.250. The summed E-state index contributed by atoms with van der Waals surface area (Å²) < 4.78 is 44.2. The van der Waals surface area contributed by atoms with Gasteiger partial charge < -0.3 is 5.73 Å². The Hall–Kier alpha value is -3.16. The van der Waals surface area contributed by atoms with Crippen molar-refractivity contribution in [1.29, 1.82) is 0 Å². The van der Waals surface area contributed by atoms with Crippen molar-refractivity contribution in [2.75, 3.05) is 0 Å². The lowest BCUT2D eigenvalue weighted by Crippen LogP contribution is -2.13. The van der Waals surface area contributed by atoms with Crippen LogP contribution in [0.25, 0.3) is 11.3 Å². The highest BCUT2D eigenvalue weighted by Gasteiger charge is 2.30. The average molecular weight is 386 g/mol. The van der Waals surface area contributed by atoms with E-state index in [9.17, 15) is 18.0 Å². The normalized spacial score (nSPS) is 13.7. The topological polar surface area (TPSA) is 73.8 Å². The molecule has 2 aromatic heterocycles. The number of benzene rings is 1. The van der Waals surface area contributed by atoms with Crippen LogP contribution < -0.4 is 5.73 Å². The van der Waals surface area contributed by atoms with E-state index >= 15 is 0 Å². The molecule has 0 saturated heterocycles. The molecule has 3 aromatic rings. The second-order valence-electron chi connectivity index (χ2n) is 6.91. The molecule has 5 nitrogen and oxygen atoms in total. The third-order valence-electron chi connectivity index (χ3n) is 4.93. The summed E-state index contributed by atoms with van der Waals surface area (Å²) in [4.78, 5) is 15.8. The highest BCUT2D eigenvalue weighted by molar-refractivity contribution is 5.92. The summed E-state index contributed by atoms with van der Waals surface area (Å²) in [5.74, 6) is -2.56. The van der Waals surface area contributed by atoms with E-state index in [0.29, 0.717) is 22.5 Å². The minimum absolute atomic E-state index is 0.0853. The summed E-state index contributed by atoms with van der Waals surface area (Å²) >= 11 is 0. The summed E-state index contributed by atoms with van der Waals surface area (Å²) in [6.45, 7) is 1.32. The molecule has 0 atom stereocenters. The first-order chi connectivity index (χ1) is 13.4. The van der Waals surface area contributed by atoms with Crippen LogP contribution in [0.4, 0.5) is 13.2 Å². The maximum atomic E-state index is 14.8. The summed E-state index contributed by atoms with van der Waals surface area (Å²) in [5, 5.41) is 4.06. The molecule has 1 aliphatic carbocycles. The zero-order chi connectivity index (χ0) is 20.0. The monoisotopic (exact) mass is 386 g/mol. The van der Waals surface area contributed by atoms with Crippen LogP contribution in [0, 0.1) is 24.4 Å². The van der Waals surface area contributed by atoms with Crippen LogP contribution in [0.1, 0.15) is 46.1 Å². The second kappa shape index (κ2) is 6.78. The van der Waals surface area contributed by atoms with Crippen molar-refractivity contribution in [3.63, 3.8) is 0 Å². The Labute approximate surface area is 159 Å². The van der Waals surface area contributed by atoms with Crippen LogP contribution in [0.15, 0.2) is 30.5 Å². The van der Waals surface area contributed by atoms with Crippen LogP contribution in [0.3, 0.4) is 0 Å². The molecule has 144 valence electrons. The maximum Gasteiger partial charge on any atom is 0.269 e. The van der Waals surface area contributed by atoms with E-state index < -0.39 is 23.4 Å². The van der Waals surface area contributed by atoms with Gasteiger partial charge in [-0.25, -0.2) is 13.2 Å². The Balaban J connectivity index is 1.83. The van der Waals surface area contributed by atoms with Gasteiger partial charge in [0, 0.05) is 23.2 Å². The Morgan fingerprint density at radius 2 is 1.93 bits per heavy atom. The van der Waals surface area contributed by atoms with Gasteiger partial charge in [-0.15, -0.1) is 0 Å². The lowest BCUT2D eigenvalue weighted by molar-refractivity contribution is 0.0995. The number of rotatable bonds is 5. The van der Waals surface area contributed by atoms with Gasteiger partial charge >= 0.3 is 0 Å². The van der Waals surface area contributed by atoms with Crippen molar-refractivity contribution in [2.45, 2.75) is 32.2 Å². The number of nitrogens with two attached hydrogens (primary N) is 1. The van der Waals surface area contributed by atoms with E-state index in [2.05, 4.69) is 10.1 Å². The minimum atomic E-state index is -0.797. The van der Waals surface area contributed by atoms with Gasteiger partial charge in [0.2, 0.25) is 0 Å². The number of hydrogen-bond acceptors (Lipinski definition) is 3. The number of primary amides is 1. The van der Waals surface area contributed by atoms with Gasteiger partial charge in [0.05, 0.1) is 17.9 Å². The van der Waals surface area contributed by atoms with Gasteiger partial charge in [0.25, 0.3) is 5.91 Å². The number of aromatic nitrogens is 3. The molecule has 1 aromatic carbocycles. The molecule has 8 heteroatoms. The van der Waals surface area contributed by atoms with Crippen LogP contribution in [0.5, 0.6) is 0 Å². The first kappa shape index (κ1) is 18.2. The van der Waals surface area contributed by atoms with Crippen LogP contribution in [-0.4, -0.2) is 20.7 Å². The van der Waals surface area contributed by atoms with Gasteiger partial charge in [-0.3, -0.25) is 14.5 Å². The molecule has 4 rings (SSSR count). The van der Waals surface area contributed by atoms with Gasteiger partial charge in [0.15, 0.2) is 5.69 Å². The Kier molecular flexibility index (Phi) is 4.41. The maximum absolute atomic E-state index is 14.8. The fourth-order valence-corrected chi connectivity index (χ4v) is 3.21. The molecule has 2 heterocycles. The van der Waals surface area contributed by atoms with Crippen molar-refractivity contribution in [3.05, 3.63) is 70.4 Å². The molecule has 1 amide bonds. The first-order valence-corrected chi connectivity index (χ1v) is 8.82. The Bertz CT molecular complexity index is 1070. The number of amides is 1. The molecule has 0 bridgehead atoms. The first-order valence-electron chi connectivity index (χ1n) is 8.82. The van der Waals surface area contributed by atoms with E-state index in [4.69, 9.17) is 5.73 Å². The van der Waals surface area contributed by atoms with Gasteiger partial charge in [0.1, 0.15) is 17.5 Å². The van der Waals surface area contributed by atoms with E-state index in [1.165, 1.54) is 23.0 Å². The lowest BCUT2D eigenvalue weighted by Gasteiger charge is -2.13. The van der Waals surface area contributed by atoms with Crippen LogP contribution in [-0.2, 0) is 6.54 Å². The van der Waals surface area contributed by atoms with Crippen molar-refractivity contribution < 1.29 is 18.0 Å². The predicted molar refractivity (Wildman–Crippen MR) is 96.1 cm³/mol. The molecule has 1 aliphatic rings. The molecule has 0 radical (unpaired) electrons. The fourth-order valence-electron chi connectivity index (χ4n) is 3.21. The summed E-state index contributed by atoms with van der Waals surface area (Å²) in [6.07, 6.45) is 3.31. The Morgan fingerprint density at radius 3 is 2.54 bits per heavy atom. The lowest BCUT2D eigenvalue weighted by atomic mass is 10.0. The second-order valence-corrected chi connectivity index (χ2v) is 6.91. The van der Waals surface area contributed by atoms with E-state index in [0.717, 1.165) is 25.0 Å². The summed E-state index contributed by atoms with van der Waals surface area (Å²) in [7, 11) is 0. The molecule has 2 N–H and O–H groups in total. The number of carbonyl (C=O) groups is 1. The zero-order valence-electron chi connectivity index (χ0n) is 15.0. The molecule has 1 saturated carbocycles. The Morgan fingerprint density at radius 1 is 1.25 bits per heavy atom. The molecule has 0 spiro atoms. The van der Waals surface area contributed by atoms with Crippen molar-refractivity contribution in [2.24, 2.45) is 5.73 Å². The number of carbonyl (C=O) groups excluding carboxylic acids is 1. The molecule has 1 fully saturated rings. The van der Waals surface area contributed by atoms with Crippen molar-refractivity contribution in [1.82, 2.24) is 14.8 Å². The number of hydrogen-bond donors (Lipinski definition) is 1. The number of pyridine rings is 1. The molecule has 0 unspecified atom stereocenters. The standard InChI is InChI=1S/C20H17F3N4O/c1-10-12(8-25-19(18(10)23)11-5-6-11)17-7-16(20(24)28)26-27(17)9-13-14(21)3-2-4-15(13)22/h2-4,7-8,11H,5-6,9H2,1H3,(H2,24,28). The van der Waals surface area contributed by atoms with E-state index in [1.54, 1.807) is 6.92 Å². The highest BCUT2D eigenvalue weighted by Crippen LogP contribution is 2.41.